The molecule has 138 valence electrons. The van der Waals surface area contributed by atoms with Crippen molar-refractivity contribution < 1.29 is 13.2 Å². The quantitative estimate of drug-likeness (QED) is 0.803. The molecule has 1 saturated heterocycles. The van der Waals surface area contributed by atoms with Crippen LogP contribution in [0.3, 0.4) is 0 Å². The second kappa shape index (κ2) is 8.20. The first kappa shape index (κ1) is 18.9. The van der Waals surface area contributed by atoms with E-state index in [0.717, 1.165) is 5.56 Å². The molecule has 1 heterocycles. The molecule has 26 heavy (non-hydrogen) atoms. The second-order valence-corrected chi connectivity index (χ2v) is 8.63. The summed E-state index contributed by atoms with van der Waals surface area (Å²) >= 11 is 5.87. The predicted octanol–water partition coefficient (Wildman–Crippen LogP) is 2.81. The molecule has 5 nitrogen and oxygen atoms in total. The number of amides is 1. The Morgan fingerprint density at radius 2 is 1.62 bits per heavy atom. The van der Waals surface area contributed by atoms with Crippen LogP contribution in [-0.2, 0) is 21.2 Å². The van der Waals surface area contributed by atoms with Crippen LogP contribution in [0.15, 0.2) is 59.5 Å². The summed E-state index contributed by atoms with van der Waals surface area (Å²) in [6.07, 6.45) is 0.918. The van der Waals surface area contributed by atoms with Crippen molar-refractivity contribution in [3.05, 3.63) is 65.2 Å². The first-order valence-corrected chi connectivity index (χ1v) is 10.4. The number of sulfonamides is 1. The first-order chi connectivity index (χ1) is 12.5. The fourth-order valence-corrected chi connectivity index (χ4v) is 4.63. The zero-order valence-electron chi connectivity index (χ0n) is 14.3. The average Bonchev–Trinajstić information content (AvgIpc) is 2.91. The standard InChI is InChI=1S/C19H21ClN2O3S/c20-17-9-7-16(8-10-17)15-19(23)21-11-4-12-22(14-13-21)26(24,25)18-5-2-1-3-6-18/h1-3,5-10H,4,11-15H2. The summed E-state index contributed by atoms with van der Waals surface area (Å²) < 4.78 is 27.0. The highest BCUT2D eigenvalue weighted by atomic mass is 35.5. The third-order valence-electron chi connectivity index (χ3n) is 4.46. The van der Waals surface area contributed by atoms with Crippen LogP contribution in [-0.4, -0.2) is 49.7 Å². The average molecular weight is 393 g/mol. The van der Waals surface area contributed by atoms with Crippen molar-refractivity contribution in [2.75, 3.05) is 26.2 Å². The van der Waals surface area contributed by atoms with Gasteiger partial charge < -0.3 is 4.90 Å². The van der Waals surface area contributed by atoms with E-state index < -0.39 is 10.0 Å². The van der Waals surface area contributed by atoms with Gasteiger partial charge in [-0.25, -0.2) is 8.42 Å². The summed E-state index contributed by atoms with van der Waals surface area (Å²) in [5.41, 5.74) is 0.900. The van der Waals surface area contributed by atoms with E-state index in [1.54, 1.807) is 47.4 Å². The molecule has 0 radical (unpaired) electrons. The Labute approximate surface area is 159 Å². The Hall–Kier alpha value is -1.89. The van der Waals surface area contributed by atoms with Crippen molar-refractivity contribution in [1.82, 2.24) is 9.21 Å². The van der Waals surface area contributed by atoms with E-state index in [1.807, 2.05) is 12.1 Å². The number of hydrogen-bond acceptors (Lipinski definition) is 3. The van der Waals surface area contributed by atoms with Gasteiger partial charge in [0.05, 0.1) is 11.3 Å². The molecule has 0 bridgehead atoms. The van der Waals surface area contributed by atoms with E-state index >= 15 is 0 Å². The van der Waals surface area contributed by atoms with Crippen LogP contribution in [0, 0.1) is 0 Å². The van der Waals surface area contributed by atoms with Gasteiger partial charge in [-0.3, -0.25) is 4.79 Å². The van der Waals surface area contributed by atoms with Gasteiger partial charge in [-0.05, 0) is 36.2 Å². The number of hydrogen-bond donors (Lipinski definition) is 0. The van der Waals surface area contributed by atoms with Crippen LogP contribution < -0.4 is 0 Å². The van der Waals surface area contributed by atoms with Gasteiger partial charge in [0.25, 0.3) is 0 Å². The van der Waals surface area contributed by atoms with Crippen LogP contribution >= 0.6 is 11.6 Å². The minimum atomic E-state index is -3.52. The predicted molar refractivity (Wildman–Crippen MR) is 102 cm³/mol. The van der Waals surface area contributed by atoms with Crippen LogP contribution in [0.25, 0.3) is 0 Å². The molecule has 0 aromatic heterocycles. The van der Waals surface area contributed by atoms with E-state index in [0.29, 0.717) is 48.9 Å². The van der Waals surface area contributed by atoms with E-state index in [-0.39, 0.29) is 5.91 Å². The smallest absolute Gasteiger partial charge is 0.243 e. The summed E-state index contributed by atoms with van der Waals surface area (Å²) in [5, 5.41) is 0.637. The highest BCUT2D eigenvalue weighted by molar-refractivity contribution is 7.89. The SMILES string of the molecule is O=C(Cc1ccc(Cl)cc1)N1CCCN(S(=O)(=O)c2ccccc2)CC1. The van der Waals surface area contributed by atoms with Crippen molar-refractivity contribution in [1.29, 1.82) is 0 Å². The second-order valence-electron chi connectivity index (χ2n) is 6.25. The lowest BCUT2D eigenvalue weighted by Crippen LogP contribution is -2.37. The van der Waals surface area contributed by atoms with Crippen molar-refractivity contribution >= 4 is 27.5 Å². The number of nitrogens with zero attached hydrogens (tertiary/aromatic N) is 2. The summed E-state index contributed by atoms with van der Waals surface area (Å²) in [7, 11) is -3.52. The Morgan fingerprint density at radius 1 is 0.923 bits per heavy atom. The molecule has 0 saturated carbocycles. The summed E-state index contributed by atoms with van der Waals surface area (Å²) in [6, 6.07) is 15.6. The van der Waals surface area contributed by atoms with Gasteiger partial charge in [0, 0.05) is 31.2 Å². The number of carbonyl (C=O) groups is 1. The fraction of sp³-hybridized carbons (Fsp3) is 0.316. The molecule has 0 spiro atoms. The van der Waals surface area contributed by atoms with Crippen LogP contribution in [0.2, 0.25) is 5.02 Å². The Morgan fingerprint density at radius 3 is 2.31 bits per heavy atom. The molecule has 1 aliphatic heterocycles. The molecule has 0 atom stereocenters. The van der Waals surface area contributed by atoms with E-state index in [9.17, 15) is 13.2 Å². The molecule has 1 aliphatic rings. The van der Waals surface area contributed by atoms with Crippen LogP contribution in [0.5, 0.6) is 0 Å². The van der Waals surface area contributed by atoms with Crippen LogP contribution in [0.4, 0.5) is 0 Å². The lowest BCUT2D eigenvalue weighted by molar-refractivity contribution is -0.130. The molecule has 2 aromatic rings. The monoisotopic (exact) mass is 392 g/mol. The number of benzene rings is 2. The van der Waals surface area contributed by atoms with Crippen LogP contribution in [0.1, 0.15) is 12.0 Å². The number of halogens is 1. The van der Waals surface area contributed by atoms with Crippen molar-refractivity contribution in [3.8, 4) is 0 Å². The maximum absolute atomic E-state index is 12.7. The lowest BCUT2D eigenvalue weighted by atomic mass is 10.1. The minimum absolute atomic E-state index is 0.00582. The summed E-state index contributed by atoms with van der Waals surface area (Å²) in [6.45, 7) is 1.69. The van der Waals surface area contributed by atoms with Gasteiger partial charge >= 0.3 is 0 Å². The topological polar surface area (TPSA) is 57.7 Å². The number of rotatable bonds is 4. The molecule has 2 aromatic carbocycles. The Kier molecular flexibility index (Phi) is 5.96. The van der Waals surface area contributed by atoms with Gasteiger partial charge in [-0.15, -0.1) is 0 Å². The third kappa shape index (κ3) is 4.44. The van der Waals surface area contributed by atoms with Crippen molar-refractivity contribution in [3.63, 3.8) is 0 Å². The van der Waals surface area contributed by atoms with Gasteiger partial charge in [0.2, 0.25) is 15.9 Å². The minimum Gasteiger partial charge on any atom is -0.341 e. The molecular weight excluding hydrogens is 372 g/mol. The van der Waals surface area contributed by atoms with Gasteiger partial charge in [-0.2, -0.15) is 4.31 Å². The van der Waals surface area contributed by atoms with Crippen molar-refractivity contribution in [2.24, 2.45) is 0 Å². The van der Waals surface area contributed by atoms with Crippen molar-refractivity contribution in [2.45, 2.75) is 17.7 Å². The molecule has 3 rings (SSSR count). The molecule has 1 fully saturated rings. The third-order valence-corrected chi connectivity index (χ3v) is 6.62. The van der Waals surface area contributed by atoms with E-state index in [4.69, 9.17) is 11.6 Å². The zero-order chi connectivity index (χ0) is 18.6. The van der Waals surface area contributed by atoms with E-state index in [2.05, 4.69) is 0 Å². The van der Waals surface area contributed by atoms with Gasteiger partial charge in [-0.1, -0.05) is 41.9 Å². The molecule has 0 N–H and O–H groups in total. The Bertz CT molecular complexity index is 854. The fourth-order valence-electron chi connectivity index (χ4n) is 3.01. The number of carbonyl (C=O) groups excluding carboxylic acids is 1. The molecule has 1 amide bonds. The molecule has 0 aliphatic carbocycles. The largest absolute Gasteiger partial charge is 0.341 e. The molecular formula is C19H21ClN2O3S. The maximum atomic E-state index is 12.7. The van der Waals surface area contributed by atoms with Gasteiger partial charge in [0.1, 0.15) is 0 Å². The normalized spacial score (nSPS) is 16.3. The summed E-state index contributed by atoms with van der Waals surface area (Å²) in [5.74, 6) is 0.00582. The zero-order valence-corrected chi connectivity index (χ0v) is 15.9. The van der Waals surface area contributed by atoms with E-state index in [1.165, 1.54) is 4.31 Å². The molecule has 0 unspecified atom stereocenters. The maximum Gasteiger partial charge on any atom is 0.243 e. The lowest BCUT2D eigenvalue weighted by Gasteiger charge is -2.22. The summed E-state index contributed by atoms with van der Waals surface area (Å²) in [4.78, 5) is 14.6. The molecule has 7 heteroatoms. The van der Waals surface area contributed by atoms with Gasteiger partial charge in [0.15, 0.2) is 0 Å². The Balaban J connectivity index is 1.64. The highest BCUT2D eigenvalue weighted by Crippen LogP contribution is 2.18. The first-order valence-electron chi connectivity index (χ1n) is 8.54. The highest BCUT2D eigenvalue weighted by Gasteiger charge is 2.28.